The summed E-state index contributed by atoms with van der Waals surface area (Å²) in [7, 11) is 5.55. The molecule has 8 amide bonds. The molecule has 0 saturated heterocycles. The molecule has 1 aliphatic carbocycles. The van der Waals surface area contributed by atoms with Crippen molar-refractivity contribution in [1.29, 1.82) is 0 Å². The molecule has 0 spiro atoms. The number of thiazole rings is 4. The van der Waals surface area contributed by atoms with Gasteiger partial charge in [-0.15, -0.1) is 45.3 Å². The highest BCUT2D eigenvalue weighted by atomic mass is 32.1. The third-order valence-corrected chi connectivity index (χ3v) is 18.7. The number of urea groups is 2. The first kappa shape index (κ1) is 72.0. The lowest BCUT2D eigenvalue weighted by atomic mass is 9.95. The molecule has 21 nitrogen and oxygen atoms in total. The summed E-state index contributed by atoms with van der Waals surface area (Å²) in [5.74, 6) is 0.0803. The number of nitrogens with zero attached hydrogens (tertiary/aromatic N) is 7. The molecular formula is C65H93N13O8S4. The van der Waals surface area contributed by atoms with Crippen LogP contribution in [0.2, 0.25) is 0 Å². The first-order valence-electron chi connectivity index (χ1n) is 31.0. The van der Waals surface area contributed by atoms with Gasteiger partial charge in [0.05, 0.1) is 55.3 Å². The van der Waals surface area contributed by atoms with E-state index in [0.29, 0.717) is 76.4 Å². The minimum Gasteiger partial charge on any atom is -0.444 e. The number of amides is 8. The Labute approximate surface area is 547 Å². The third kappa shape index (κ3) is 26.0. The van der Waals surface area contributed by atoms with Crippen LogP contribution in [0.25, 0.3) is 0 Å². The smallest absolute Gasteiger partial charge is 0.407 e. The van der Waals surface area contributed by atoms with Crippen LogP contribution in [0.3, 0.4) is 0 Å². The Kier molecular flexibility index (Phi) is 29.9. The number of rotatable bonds is 33. The summed E-state index contributed by atoms with van der Waals surface area (Å²) in [5, 5.41) is 24.2. The number of nitrogens with one attached hydrogen (secondary N) is 6. The van der Waals surface area contributed by atoms with Crippen LogP contribution >= 0.6 is 45.3 Å². The van der Waals surface area contributed by atoms with Gasteiger partial charge in [0.1, 0.15) is 25.3 Å². The Bertz CT molecular complexity index is 3090. The largest absolute Gasteiger partial charge is 0.444 e. The molecule has 4 heterocycles. The van der Waals surface area contributed by atoms with Crippen LogP contribution in [0.4, 0.5) is 19.2 Å². The van der Waals surface area contributed by atoms with Crippen molar-refractivity contribution in [2.24, 2.45) is 5.92 Å². The van der Waals surface area contributed by atoms with Crippen LogP contribution < -0.4 is 31.9 Å². The van der Waals surface area contributed by atoms with Crippen LogP contribution in [0.15, 0.2) is 94.8 Å². The molecule has 6 aromatic rings. The predicted octanol–water partition coefficient (Wildman–Crippen LogP) is 11.3. The lowest BCUT2D eigenvalue weighted by molar-refractivity contribution is -0.125. The van der Waals surface area contributed by atoms with E-state index in [-0.39, 0.29) is 73.2 Å². The Hall–Kier alpha value is -7.06. The monoisotopic (exact) mass is 1310 g/mol. The van der Waals surface area contributed by atoms with Crippen molar-refractivity contribution in [2.45, 2.75) is 194 Å². The summed E-state index contributed by atoms with van der Waals surface area (Å²) in [6.07, 6.45) is 8.48. The van der Waals surface area contributed by atoms with Crippen molar-refractivity contribution in [2.75, 3.05) is 27.7 Å². The first-order chi connectivity index (χ1) is 43.1. The Morgan fingerprint density at radius 2 is 1.06 bits per heavy atom. The number of alkyl carbamates (subject to hydrolysis) is 2. The second-order valence-corrected chi connectivity index (χ2v) is 28.0. The van der Waals surface area contributed by atoms with Gasteiger partial charge in [-0.2, -0.15) is 0 Å². The van der Waals surface area contributed by atoms with E-state index in [0.717, 1.165) is 55.1 Å². The van der Waals surface area contributed by atoms with Crippen LogP contribution in [0.1, 0.15) is 154 Å². The van der Waals surface area contributed by atoms with Crippen molar-refractivity contribution in [3.63, 3.8) is 0 Å². The molecule has 90 heavy (non-hydrogen) atoms. The highest BCUT2D eigenvalue weighted by Gasteiger charge is 2.36. The molecular weight excluding hydrogens is 1220 g/mol. The Balaban J connectivity index is 0.000000298. The first-order valence-corrected chi connectivity index (χ1v) is 34.5. The summed E-state index contributed by atoms with van der Waals surface area (Å²) in [6.45, 7) is 17.9. The number of carbonyl (C=O) groups is 6. The number of ether oxygens (including phenoxy) is 2. The van der Waals surface area contributed by atoms with Crippen LogP contribution in [-0.4, -0.2) is 141 Å². The lowest BCUT2D eigenvalue weighted by Gasteiger charge is -2.29. The van der Waals surface area contributed by atoms with Gasteiger partial charge in [0.15, 0.2) is 0 Å². The molecule has 4 aromatic heterocycles. The Morgan fingerprint density at radius 1 is 0.556 bits per heavy atom. The number of hydrogen-bond acceptors (Lipinski definition) is 17. The number of carbonyl (C=O) groups excluding carboxylic acids is 6. The Morgan fingerprint density at radius 3 is 1.52 bits per heavy atom. The molecule has 1 aliphatic rings. The summed E-state index contributed by atoms with van der Waals surface area (Å²) >= 11 is 6.07. The van der Waals surface area contributed by atoms with E-state index in [1.165, 1.54) is 22.7 Å². The summed E-state index contributed by atoms with van der Waals surface area (Å²) in [4.78, 5) is 103. The molecule has 6 unspecified atom stereocenters. The quantitative estimate of drug-likeness (QED) is 0.0224. The molecule has 25 heteroatoms. The van der Waals surface area contributed by atoms with E-state index in [4.69, 9.17) is 14.5 Å². The molecule has 490 valence electrons. The molecule has 0 aliphatic heterocycles. The average Bonchev–Trinajstić information content (AvgIpc) is 1.94. The van der Waals surface area contributed by atoms with Gasteiger partial charge in [-0.25, -0.2) is 29.1 Å². The van der Waals surface area contributed by atoms with Gasteiger partial charge in [0.25, 0.3) is 0 Å². The fraction of sp³-hybridized carbons (Fsp3) is 0.538. The zero-order valence-electron chi connectivity index (χ0n) is 53.9. The van der Waals surface area contributed by atoms with Crippen molar-refractivity contribution in [3.05, 3.63) is 137 Å². The van der Waals surface area contributed by atoms with Gasteiger partial charge in [0, 0.05) is 72.2 Å². The van der Waals surface area contributed by atoms with Gasteiger partial charge in [0.2, 0.25) is 11.8 Å². The van der Waals surface area contributed by atoms with E-state index in [9.17, 15) is 28.8 Å². The molecule has 1 fully saturated rings. The lowest BCUT2D eigenvalue weighted by Crippen LogP contribution is -2.55. The minimum atomic E-state index is -0.723. The zero-order valence-corrected chi connectivity index (χ0v) is 57.2. The maximum atomic E-state index is 14.0. The van der Waals surface area contributed by atoms with E-state index < -0.39 is 24.3 Å². The second kappa shape index (κ2) is 37.3. The van der Waals surface area contributed by atoms with Gasteiger partial charge in [-0.05, 0) is 109 Å². The van der Waals surface area contributed by atoms with Crippen LogP contribution in [-0.2, 0) is 58.2 Å². The fourth-order valence-electron chi connectivity index (χ4n) is 9.51. The summed E-state index contributed by atoms with van der Waals surface area (Å²) in [5.41, 5.74) is 7.29. The van der Waals surface area contributed by atoms with E-state index in [2.05, 4.69) is 74.5 Å². The fourth-order valence-corrected chi connectivity index (χ4v) is 12.2. The molecule has 6 N–H and O–H groups in total. The van der Waals surface area contributed by atoms with Crippen molar-refractivity contribution in [1.82, 2.24) is 66.5 Å². The average molecular weight is 1310 g/mol. The SMILES string of the molecule is CC(C)c1nc(CN(C(=O)NC(C(=O)NC(CCC(Cc2ccccc2)NC(=O)OCc2cncs2)Cc2ccccc2)C(C)C)C2CC2)cs1.CC(CCC(C)NC(=O)C(CCN(C)C)NC(=O)N(C)Cc1csc(C(C)C)n1)NC(=O)OCc1cncs1. The topological polar surface area (TPSA) is 254 Å². The molecule has 0 radical (unpaired) electrons. The molecule has 1 saturated carbocycles. The van der Waals surface area contributed by atoms with E-state index in [1.54, 1.807) is 58.0 Å². The maximum Gasteiger partial charge on any atom is 0.407 e. The minimum absolute atomic E-state index is 0.127. The van der Waals surface area contributed by atoms with Gasteiger partial charge < -0.3 is 56.1 Å². The van der Waals surface area contributed by atoms with Crippen LogP contribution in [0, 0.1) is 5.92 Å². The zero-order chi connectivity index (χ0) is 65.1. The summed E-state index contributed by atoms with van der Waals surface area (Å²) in [6, 6.07) is 17.5. The number of hydrogen-bond donors (Lipinski definition) is 6. The highest BCUT2D eigenvalue weighted by molar-refractivity contribution is 7.10. The molecule has 2 aromatic carbocycles. The third-order valence-electron chi connectivity index (χ3n) is 14.8. The van der Waals surface area contributed by atoms with Gasteiger partial charge in [-0.3, -0.25) is 19.6 Å². The highest BCUT2D eigenvalue weighted by Crippen LogP contribution is 2.30. The van der Waals surface area contributed by atoms with Crippen molar-refractivity contribution < 1.29 is 38.2 Å². The molecule has 6 atom stereocenters. The van der Waals surface area contributed by atoms with Crippen molar-refractivity contribution in [3.8, 4) is 0 Å². The van der Waals surface area contributed by atoms with Gasteiger partial charge in [-0.1, -0.05) is 102 Å². The second-order valence-electron chi connectivity index (χ2n) is 24.3. The summed E-state index contributed by atoms with van der Waals surface area (Å²) < 4.78 is 10.7. The molecule has 0 bridgehead atoms. The maximum absolute atomic E-state index is 14.0. The molecule has 7 rings (SSSR count). The van der Waals surface area contributed by atoms with E-state index in [1.807, 2.05) is 123 Å². The normalized spacial score (nSPS) is 14.1. The predicted molar refractivity (Wildman–Crippen MR) is 358 cm³/mol. The van der Waals surface area contributed by atoms with Gasteiger partial charge >= 0.3 is 24.2 Å². The van der Waals surface area contributed by atoms with Crippen molar-refractivity contribution >= 4 is 81.4 Å². The van der Waals surface area contributed by atoms with E-state index >= 15 is 0 Å². The number of aromatic nitrogens is 4. The number of benzene rings is 2. The van der Waals surface area contributed by atoms with Crippen LogP contribution in [0.5, 0.6) is 0 Å². The standard InChI is InChI=1S/C39H50N6O4S2.C26H43N7O4S2/c1-26(2)35(44-38(47)45(33-17-18-33)22-32-24-50-37(42-32)27(3)4)36(46)41-30(19-28-11-7-5-8-12-28)15-16-31(20-29-13-9-6-10-14-29)43-39(48)49-23-34-21-40-25-51-34;1-17(2)24-30-20(15-38-24)13-33(7)25(35)31-22(10-11-32(5)6)23(34)28-18(3)8-9-19(4)29-26(36)37-14-21-12-27-16-39-21/h5-14,21,24-27,30-31,33,35H,15-20,22-23H2,1-4H3,(H,41,46)(H,43,48)(H,44,47);12,15-19,22H,8-11,13-14H2,1-7H3,(H,28,34)(H,29,36)(H,31,35).